The van der Waals surface area contributed by atoms with E-state index in [4.69, 9.17) is 9.72 Å². The van der Waals surface area contributed by atoms with Gasteiger partial charge in [0.1, 0.15) is 10.8 Å². The molecule has 0 N–H and O–H groups in total. The van der Waals surface area contributed by atoms with Crippen LogP contribution in [0.3, 0.4) is 0 Å². The van der Waals surface area contributed by atoms with Crippen molar-refractivity contribution in [1.29, 1.82) is 0 Å². The Morgan fingerprint density at radius 2 is 1.50 bits per heavy atom. The first kappa shape index (κ1) is 24.5. The maximum Gasteiger partial charge on any atom is 0.417 e. The largest absolute Gasteiger partial charge is 0.439 e. The maximum atomic E-state index is 12.7. The quantitative estimate of drug-likeness (QED) is 0.276. The molecule has 5 rings (SSSR count). The third-order valence-electron chi connectivity index (χ3n) is 7.04. The molecule has 1 aliphatic carbocycles. The summed E-state index contributed by atoms with van der Waals surface area (Å²) >= 11 is 1.58. The summed E-state index contributed by atoms with van der Waals surface area (Å²) in [5.74, 6) is 0.591. The van der Waals surface area contributed by atoms with Crippen LogP contribution in [0.5, 0.6) is 11.6 Å². The van der Waals surface area contributed by atoms with Gasteiger partial charge >= 0.3 is 6.18 Å². The lowest BCUT2D eigenvalue weighted by molar-refractivity contribution is -0.137. The Labute approximate surface area is 213 Å². The van der Waals surface area contributed by atoms with Crippen LogP contribution in [0.2, 0.25) is 0 Å². The van der Waals surface area contributed by atoms with Crippen LogP contribution < -0.4 is 4.74 Å². The van der Waals surface area contributed by atoms with Crippen LogP contribution in [0.1, 0.15) is 57.2 Å². The van der Waals surface area contributed by atoms with E-state index >= 15 is 0 Å². The van der Waals surface area contributed by atoms with Gasteiger partial charge in [0.25, 0.3) is 0 Å². The molecular formula is C29H27F3N2OS. The lowest BCUT2D eigenvalue weighted by atomic mass is 9.63. The van der Waals surface area contributed by atoms with E-state index in [1.165, 1.54) is 23.6 Å². The molecule has 0 amide bonds. The van der Waals surface area contributed by atoms with Crippen molar-refractivity contribution in [3.05, 3.63) is 82.9 Å². The van der Waals surface area contributed by atoms with Gasteiger partial charge in [0.05, 0.1) is 11.3 Å². The van der Waals surface area contributed by atoms with Gasteiger partial charge in [-0.25, -0.2) is 9.97 Å². The highest BCUT2D eigenvalue weighted by Gasteiger charge is 2.37. The number of aromatic nitrogens is 2. The van der Waals surface area contributed by atoms with Crippen molar-refractivity contribution in [2.75, 3.05) is 0 Å². The Morgan fingerprint density at radius 3 is 2.14 bits per heavy atom. The van der Waals surface area contributed by atoms with Gasteiger partial charge in [-0.05, 0) is 71.2 Å². The number of alkyl halides is 3. The van der Waals surface area contributed by atoms with Crippen molar-refractivity contribution in [1.82, 2.24) is 9.97 Å². The van der Waals surface area contributed by atoms with Crippen LogP contribution in [0.4, 0.5) is 13.2 Å². The van der Waals surface area contributed by atoms with Gasteiger partial charge in [-0.3, -0.25) is 0 Å². The summed E-state index contributed by atoms with van der Waals surface area (Å²) < 4.78 is 43.8. The van der Waals surface area contributed by atoms with Crippen LogP contribution in [0, 0.1) is 0 Å². The number of pyridine rings is 1. The summed E-state index contributed by atoms with van der Waals surface area (Å²) in [7, 11) is 0. The van der Waals surface area contributed by atoms with Crippen LogP contribution in [-0.4, -0.2) is 9.97 Å². The van der Waals surface area contributed by atoms with Gasteiger partial charge in [-0.15, -0.1) is 11.3 Å². The monoisotopic (exact) mass is 508 g/mol. The minimum Gasteiger partial charge on any atom is -0.439 e. The second kappa shape index (κ2) is 8.73. The molecule has 2 heterocycles. The fourth-order valence-corrected chi connectivity index (χ4v) is 5.52. The summed E-state index contributed by atoms with van der Waals surface area (Å²) in [5, 5.41) is 2.97. The van der Waals surface area contributed by atoms with Crippen molar-refractivity contribution in [3.8, 4) is 33.5 Å². The van der Waals surface area contributed by atoms with Crippen molar-refractivity contribution in [2.24, 2.45) is 0 Å². The van der Waals surface area contributed by atoms with Gasteiger partial charge in [-0.1, -0.05) is 39.8 Å². The first-order valence-corrected chi connectivity index (χ1v) is 12.7. The summed E-state index contributed by atoms with van der Waals surface area (Å²) in [6.45, 7) is 9.29. The molecule has 1 aliphatic rings. The molecule has 0 unspecified atom stereocenters. The molecule has 2 aromatic heterocycles. The highest BCUT2D eigenvalue weighted by Crippen LogP contribution is 2.47. The van der Waals surface area contributed by atoms with Crippen molar-refractivity contribution >= 4 is 11.3 Å². The molecular weight excluding hydrogens is 481 g/mol. The van der Waals surface area contributed by atoms with E-state index in [1.807, 2.05) is 12.1 Å². The first-order valence-electron chi connectivity index (χ1n) is 11.8. The molecule has 3 nitrogen and oxygen atoms in total. The Kier molecular flexibility index (Phi) is 5.94. The zero-order valence-corrected chi connectivity index (χ0v) is 21.4. The minimum atomic E-state index is -4.42. The van der Waals surface area contributed by atoms with Gasteiger partial charge in [-0.2, -0.15) is 13.2 Å². The topological polar surface area (TPSA) is 35.0 Å². The second-order valence-corrected chi connectivity index (χ2v) is 11.4. The summed E-state index contributed by atoms with van der Waals surface area (Å²) in [6.07, 6.45) is -1.31. The highest BCUT2D eigenvalue weighted by atomic mass is 32.1. The number of fused-ring (bicyclic) bond motifs is 1. The molecule has 0 bridgehead atoms. The average Bonchev–Trinajstić information content (AvgIpc) is 3.33. The third-order valence-corrected chi connectivity index (χ3v) is 7.93. The number of benzene rings is 2. The fraction of sp³-hybridized carbons (Fsp3) is 0.310. The fourth-order valence-electron chi connectivity index (χ4n) is 4.68. The molecule has 2 aromatic carbocycles. The van der Waals surface area contributed by atoms with Gasteiger partial charge in [0.15, 0.2) is 0 Å². The maximum absolute atomic E-state index is 12.7. The van der Waals surface area contributed by atoms with E-state index in [9.17, 15) is 13.2 Å². The van der Waals surface area contributed by atoms with E-state index in [1.54, 1.807) is 23.5 Å². The Hall–Kier alpha value is -3.19. The molecule has 0 saturated carbocycles. The van der Waals surface area contributed by atoms with E-state index in [0.717, 1.165) is 40.5 Å². The Bertz CT molecular complexity index is 1390. The second-order valence-electron chi connectivity index (χ2n) is 10.6. The zero-order chi connectivity index (χ0) is 25.7. The van der Waals surface area contributed by atoms with Crippen molar-refractivity contribution in [3.63, 3.8) is 0 Å². The number of nitrogens with zero attached hydrogens (tertiary/aromatic N) is 2. The average molecular weight is 509 g/mol. The molecule has 0 spiro atoms. The van der Waals surface area contributed by atoms with Crippen LogP contribution in [-0.2, 0) is 17.0 Å². The van der Waals surface area contributed by atoms with Crippen LogP contribution in [0.15, 0.2) is 66.2 Å². The van der Waals surface area contributed by atoms with Gasteiger partial charge in [0.2, 0.25) is 5.88 Å². The normalized spacial score (nSPS) is 16.4. The molecule has 36 heavy (non-hydrogen) atoms. The Balaban J connectivity index is 1.34. The van der Waals surface area contributed by atoms with Crippen LogP contribution >= 0.6 is 11.3 Å². The predicted octanol–water partition coefficient (Wildman–Crippen LogP) is 9.03. The van der Waals surface area contributed by atoms with Gasteiger partial charge < -0.3 is 4.74 Å². The number of rotatable bonds is 4. The standard InChI is InChI=1S/C29H27F3N2OS/c1-27(2)13-14-28(3,4)23-15-19(7-11-22(23)27)24-17-36-26(34-24)18-5-9-21(10-6-18)35-25-12-8-20(16-33-25)29(30,31)32/h5-12,15-17H,13-14H2,1-4H3. The molecule has 0 atom stereocenters. The van der Waals surface area contributed by atoms with E-state index in [0.29, 0.717) is 5.75 Å². The molecule has 0 aliphatic heterocycles. The van der Waals surface area contributed by atoms with Crippen molar-refractivity contribution in [2.45, 2.75) is 57.5 Å². The zero-order valence-electron chi connectivity index (χ0n) is 20.6. The first-order chi connectivity index (χ1) is 16.9. The number of ether oxygens (including phenoxy) is 1. The van der Waals surface area contributed by atoms with Gasteiger partial charge in [0, 0.05) is 28.8 Å². The Morgan fingerprint density at radius 1 is 0.833 bits per heavy atom. The van der Waals surface area contributed by atoms with Crippen LogP contribution in [0.25, 0.3) is 21.8 Å². The molecule has 0 fully saturated rings. The lowest BCUT2D eigenvalue weighted by Crippen LogP contribution is -2.33. The van der Waals surface area contributed by atoms with E-state index in [-0.39, 0.29) is 16.7 Å². The summed E-state index contributed by atoms with van der Waals surface area (Å²) in [4.78, 5) is 8.64. The SMILES string of the molecule is CC1(C)CCC(C)(C)c2cc(-c3csc(-c4ccc(Oc5ccc(C(F)(F)F)cn5)cc4)n3)ccc21. The summed E-state index contributed by atoms with van der Waals surface area (Å²) in [6, 6.07) is 16.2. The van der Waals surface area contributed by atoms with Crippen molar-refractivity contribution < 1.29 is 17.9 Å². The predicted molar refractivity (Wildman–Crippen MR) is 138 cm³/mol. The number of hydrogen-bond acceptors (Lipinski definition) is 4. The molecule has 0 radical (unpaired) electrons. The molecule has 4 aromatic rings. The number of halogens is 3. The smallest absolute Gasteiger partial charge is 0.417 e. The number of thiazole rings is 1. The molecule has 0 saturated heterocycles. The highest BCUT2D eigenvalue weighted by molar-refractivity contribution is 7.13. The minimum absolute atomic E-state index is 0.103. The third kappa shape index (κ3) is 4.76. The summed E-state index contributed by atoms with van der Waals surface area (Å²) in [5.41, 5.74) is 5.35. The molecule has 186 valence electrons. The van der Waals surface area contributed by atoms with E-state index < -0.39 is 11.7 Å². The molecule has 7 heteroatoms. The number of hydrogen-bond donors (Lipinski definition) is 0. The van der Waals surface area contributed by atoms with E-state index in [2.05, 4.69) is 56.3 Å². The lowest BCUT2D eigenvalue weighted by Gasteiger charge is -2.42.